The SMILES string of the molecule is CC(NC(=O)C(N)CS)C(=O)NC(CS)C(=O)NC(CC(=O)O)C(=O)O. The van der Waals surface area contributed by atoms with E-state index < -0.39 is 60.2 Å². The molecule has 0 aliphatic carbocycles. The number of nitrogens with one attached hydrogen (secondary N) is 3. The number of carboxylic acid groups (broad SMARTS) is 2. The summed E-state index contributed by atoms with van der Waals surface area (Å²) in [5, 5.41) is 24.2. The van der Waals surface area contributed by atoms with Crippen molar-refractivity contribution in [2.45, 2.75) is 37.5 Å². The molecule has 0 radical (unpaired) electrons. The zero-order valence-electron chi connectivity index (χ0n) is 13.8. The summed E-state index contributed by atoms with van der Waals surface area (Å²) in [5.41, 5.74) is 5.46. The molecule has 3 amide bonds. The van der Waals surface area contributed by atoms with E-state index in [9.17, 15) is 24.0 Å². The van der Waals surface area contributed by atoms with E-state index in [0.717, 1.165) is 0 Å². The first-order valence-corrected chi connectivity index (χ1v) is 8.62. The maximum Gasteiger partial charge on any atom is 0.326 e. The fourth-order valence-electron chi connectivity index (χ4n) is 1.61. The van der Waals surface area contributed by atoms with Crippen LogP contribution in [0, 0.1) is 0 Å². The largest absolute Gasteiger partial charge is 0.481 e. The summed E-state index contributed by atoms with van der Waals surface area (Å²) in [4.78, 5) is 57.3. The predicted molar refractivity (Wildman–Crippen MR) is 97.0 cm³/mol. The van der Waals surface area contributed by atoms with Crippen molar-refractivity contribution in [2.24, 2.45) is 5.73 Å². The van der Waals surface area contributed by atoms with Crippen molar-refractivity contribution in [3.63, 3.8) is 0 Å². The molecule has 0 bridgehead atoms. The van der Waals surface area contributed by atoms with Gasteiger partial charge in [0.05, 0.1) is 12.5 Å². The van der Waals surface area contributed by atoms with Crippen molar-refractivity contribution in [1.82, 2.24) is 16.0 Å². The molecule has 4 unspecified atom stereocenters. The van der Waals surface area contributed by atoms with E-state index in [1.807, 2.05) is 5.32 Å². The van der Waals surface area contributed by atoms with Crippen LogP contribution in [0.4, 0.5) is 0 Å². The summed E-state index contributed by atoms with van der Waals surface area (Å²) in [7, 11) is 0. The highest BCUT2D eigenvalue weighted by Crippen LogP contribution is 1.98. The monoisotopic (exact) mass is 410 g/mol. The number of rotatable bonds is 11. The van der Waals surface area contributed by atoms with Gasteiger partial charge in [-0.1, -0.05) is 0 Å². The lowest BCUT2D eigenvalue weighted by Gasteiger charge is -2.22. The maximum atomic E-state index is 12.1. The van der Waals surface area contributed by atoms with Crippen molar-refractivity contribution in [1.29, 1.82) is 0 Å². The number of hydrogen-bond donors (Lipinski definition) is 8. The Hall–Kier alpha value is -1.99. The summed E-state index contributed by atoms with van der Waals surface area (Å²) in [6.07, 6.45) is -0.831. The zero-order chi connectivity index (χ0) is 20.4. The molecule has 0 heterocycles. The van der Waals surface area contributed by atoms with Crippen LogP contribution in [-0.2, 0) is 24.0 Å². The summed E-state index contributed by atoms with van der Waals surface area (Å²) < 4.78 is 0. The second-order valence-corrected chi connectivity index (χ2v) is 5.99. The molecule has 13 heteroatoms. The van der Waals surface area contributed by atoms with Crippen LogP contribution in [0.2, 0.25) is 0 Å². The van der Waals surface area contributed by atoms with E-state index in [0.29, 0.717) is 0 Å². The quantitative estimate of drug-likeness (QED) is 0.168. The zero-order valence-corrected chi connectivity index (χ0v) is 15.6. The molecule has 7 N–H and O–H groups in total. The smallest absolute Gasteiger partial charge is 0.326 e. The van der Waals surface area contributed by atoms with E-state index in [1.165, 1.54) is 6.92 Å². The summed E-state index contributed by atoms with van der Waals surface area (Å²) in [5.74, 6) is -5.33. The van der Waals surface area contributed by atoms with Crippen molar-refractivity contribution in [2.75, 3.05) is 11.5 Å². The summed E-state index contributed by atoms with van der Waals surface area (Å²) in [6.45, 7) is 1.36. The van der Waals surface area contributed by atoms with Gasteiger partial charge < -0.3 is 31.9 Å². The fraction of sp³-hybridized carbons (Fsp3) is 0.615. The molecule has 0 aromatic rings. The van der Waals surface area contributed by atoms with Gasteiger partial charge in [0.25, 0.3) is 0 Å². The molecule has 26 heavy (non-hydrogen) atoms. The topological polar surface area (TPSA) is 188 Å². The molecule has 0 aliphatic rings. The van der Waals surface area contributed by atoms with Gasteiger partial charge in [0.2, 0.25) is 17.7 Å². The maximum absolute atomic E-state index is 12.1. The average Bonchev–Trinajstić information content (AvgIpc) is 2.56. The highest BCUT2D eigenvalue weighted by Gasteiger charge is 2.29. The molecule has 0 aliphatic heterocycles. The van der Waals surface area contributed by atoms with Gasteiger partial charge in [0.1, 0.15) is 18.1 Å². The number of hydrogen-bond acceptors (Lipinski definition) is 8. The second-order valence-electron chi connectivity index (χ2n) is 5.26. The molecule has 0 spiro atoms. The molecule has 0 saturated carbocycles. The third-order valence-corrected chi connectivity index (χ3v) is 3.85. The number of amides is 3. The molecule has 0 rings (SSSR count). The Morgan fingerprint density at radius 2 is 1.42 bits per heavy atom. The Morgan fingerprint density at radius 3 is 1.85 bits per heavy atom. The first kappa shape index (κ1) is 24.0. The van der Waals surface area contributed by atoms with Gasteiger partial charge in [0, 0.05) is 11.5 Å². The van der Waals surface area contributed by atoms with Gasteiger partial charge in [-0.15, -0.1) is 0 Å². The lowest BCUT2D eigenvalue weighted by Crippen LogP contribution is -2.57. The standard InChI is InChI=1S/C13H22N4O7S2/c1-5(15-11(21)6(14)3-25)10(20)17-8(4-26)12(22)16-7(13(23)24)2-9(18)19/h5-8,25-26H,2-4,14H2,1H3,(H,15,21)(H,16,22)(H,17,20)(H,18,19)(H,23,24). The first-order valence-electron chi connectivity index (χ1n) is 7.36. The lowest BCUT2D eigenvalue weighted by atomic mass is 10.2. The minimum absolute atomic E-state index is 0.0714. The van der Waals surface area contributed by atoms with Crippen LogP contribution < -0.4 is 21.7 Å². The molecule has 11 nitrogen and oxygen atoms in total. The van der Waals surface area contributed by atoms with Gasteiger partial charge in [-0.05, 0) is 6.92 Å². The molecule has 0 aromatic carbocycles. The third-order valence-electron chi connectivity index (χ3n) is 3.09. The minimum atomic E-state index is -1.66. The Morgan fingerprint density at radius 1 is 0.885 bits per heavy atom. The van der Waals surface area contributed by atoms with Gasteiger partial charge in [-0.2, -0.15) is 25.3 Å². The van der Waals surface area contributed by atoms with Crippen LogP contribution >= 0.6 is 25.3 Å². The van der Waals surface area contributed by atoms with Crippen LogP contribution in [0.3, 0.4) is 0 Å². The molecule has 0 aromatic heterocycles. The first-order chi connectivity index (χ1) is 12.0. The molecular weight excluding hydrogens is 388 g/mol. The number of carboxylic acids is 2. The second kappa shape index (κ2) is 11.6. The van der Waals surface area contributed by atoms with Crippen molar-refractivity contribution >= 4 is 54.9 Å². The fourth-order valence-corrected chi connectivity index (χ4v) is 2.03. The van der Waals surface area contributed by atoms with Gasteiger partial charge in [0.15, 0.2) is 0 Å². The van der Waals surface area contributed by atoms with Gasteiger partial charge in [-0.25, -0.2) is 4.79 Å². The van der Waals surface area contributed by atoms with Crippen LogP contribution in [0.15, 0.2) is 0 Å². The number of nitrogens with two attached hydrogens (primary N) is 1. The number of thiol groups is 2. The number of aliphatic carboxylic acids is 2. The van der Waals surface area contributed by atoms with Crippen LogP contribution in [0.5, 0.6) is 0 Å². The highest BCUT2D eigenvalue weighted by atomic mass is 32.1. The molecule has 4 atom stereocenters. The van der Waals surface area contributed by atoms with E-state index in [4.69, 9.17) is 15.9 Å². The Labute approximate surface area is 160 Å². The molecular formula is C13H22N4O7S2. The number of carbonyl (C=O) groups excluding carboxylic acids is 3. The normalized spacial score (nSPS) is 15.1. The van der Waals surface area contributed by atoms with Crippen molar-refractivity contribution < 1.29 is 34.2 Å². The average molecular weight is 410 g/mol. The molecule has 148 valence electrons. The minimum Gasteiger partial charge on any atom is -0.481 e. The van der Waals surface area contributed by atoms with Crippen LogP contribution in [-0.4, -0.2) is 75.5 Å². The van der Waals surface area contributed by atoms with E-state index >= 15 is 0 Å². The Balaban J connectivity index is 4.83. The van der Waals surface area contributed by atoms with E-state index in [-0.39, 0.29) is 11.5 Å². The van der Waals surface area contributed by atoms with E-state index in [2.05, 4.69) is 35.9 Å². The highest BCUT2D eigenvalue weighted by molar-refractivity contribution is 7.80. The Bertz CT molecular complexity index is 561. The van der Waals surface area contributed by atoms with Crippen molar-refractivity contribution in [3.05, 3.63) is 0 Å². The Kier molecular flexibility index (Phi) is 10.7. The van der Waals surface area contributed by atoms with Crippen LogP contribution in [0.1, 0.15) is 13.3 Å². The van der Waals surface area contributed by atoms with E-state index in [1.54, 1.807) is 0 Å². The van der Waals surface area contributed by atoms with Gasteiger partial charge in [-0.3, -0.25) is 19.2 Å². The molecule has 0 saturated heterocycles. The van der Waals surface area contributed by atoms with Crippen LogP contribution in [0.25, 0.3) is 0 Å². The summed E-state index contributed by atoms with van der Waals surface area (Å²) >= 11 is 7.76. The molecule has 0 fully saturated rings. The number of carbonyl (C=O) groups is 5. The lowest BCUT2D eigenvalue weighted by molar-refractivity contribution is -0.147. The van der Waals surface area contributed by atoms with Crippen molar-refractivity contribution in [3.8, 4) is 0 Å². The third kappa shape index (κ3) is 8.40. The summed E-state index contributed by atoms with van der Waals surface area (Å²) in [6, 6.07) is -4.84. The predicted octanol–water partition coefficient (Wildman–Crippen LogP) is -2.79. The van der Waals surface area contributed by atoms with Gasteiger partial charge >= 0.3 is 11.9 Å².